The molecule has 2 N–H and O–H groups in total. The number of carbonyl (C=O) groups excluding carboxylic acids is 1. The van der Waals surface area contributed by atoms with Crippen LogP contribution in [-0.4, -0.2) is 32.9 Å². The number of nitrogens with one attached hydrogen (secondary N) is 1. The molecule has 1 aromatic heterocycles. The lowest BCUT2D eigenvalue weighted by atomic mass is 10.1. The number of anilines is 1. The number of carbonyl (C=O) groups is 1. The molecule has 1 atom stereocenters. The molecule has 106 valence electrons. The van der Waals surface area contributed by atoms with Crippen LogP contribution in [0.4, 0.5) is 10.7 Å². The van der Waals surface area contributed by atoms with Gasteiger partial charge in [-0.2, -0.15) is 0 Å². The molecule has 6 heteroatoms. The summed E-state index contributed by atoms with van der Waals surface area (Å²) in [6.45, 7) is 7.09. The van der Waals surface area contributed by atoms with E-state index in [2.05, 4.69) is 15.3 Å². The van der Waals surface area contributed by atoms with E-state index in [-0.39, 0.29) is 12.1 Å². The Labute approximate surface area is 113 Å². The van der Waals surface area contributed by atoms with E-state index in [1.54, 1.807) is 40.1 Å². The molecule has 0 unspecified atom stereocenters. The number of hydrogen-bond acceptors (Lipinski definition) is 5. The first-order valence-corrected chi connectivity index (χ1v) is 6.25. The monoisotopic (exact) mass is 267 g/mol. The predicted molar refractivity (Wildman–Crippen MR) is 71.9 cm³/mol. The van der Waals surface area contributed by atoms with Gasteiger partial charge in [-0.15, -0.1) is 0 Å². The third kappa shape index (κ3) is 6.71. The maximum atomic E-state index is 11.5. The zero-order chi connectivity index (χ0) is 14.5. The molecule has 0 saturated carbocycles. The van der Waals surface area contributed by atoms with Gasteiger partial charge in [-0.3, -0.25) is 5.32 Å². The van der Waals surface area contributed by atoms with Crippen LogP contribution in [0.2, 0.25) is 0 Å². The number of hydrogen-bond donors (Lipinski definition) is 2. The first kappa shape index (κ1) is 15.4. The molecule has 0 fully saturated rings. The molecule has 1 aromatic rings. The lowest BCUT2D eigenvalue weighted by Crippen LogP contribution is -2.27. The van der Waals surface area contributed by atoms with Gasteiger partial charge < -0.3 is 9.84 Å². The molecule has 1 amide bonds. The van der Waals surface area contributed by atoms with E-state index in [0.29, 0.717) is 12.8 Å². The Morgan fingerprint density at radius 3 is 2.47 bits per heavy atom. The van der Waals surface area contributed by atoms with Crippen molar-refractivity contribution in [1.29, 1.82) is 0 Å². The van der Waals surface area contributed by atoms with Crippen molar-refractivity contribution in [2.24, 2.45) is 0 Å². The molecule has 1 rings (SSSR count). The fraction of sp³-hybridized carbons (Fsp3) is 0.615. The van der Waals surface area contributed by atoms with Crippen molar-refractivity contribution in [2.75, 3.05) is 5.32 Å². The minimum atomic E-state index is -0.579. The van der Waals surface area contributed by atoms with Crippen LogP contribution in [0.15, 0.2) is 12.4 Å². The topological polar surface area (TPSA) is 84.3 Å². The molecular weight excluding hydrogens is 246 g/mol. The van der Waals surface area contributed by atoms with Crippen LogP contribution in [-0.2, 0) is 11.2 Å². The second-order valence-corrected chi connectivity index (χ2v) is 5.43. The predicted octanol–water partition coefficient (Wildman–Crippen LogP) is 2.14. The SMILES string of the molecule is C[C@H](O)CCc1cnc(NC(=O)OC(C)(C)C)nc1. The summed E-state index contributed by atoms with van der Waals surface area (Å²) < 4.78 is 5.09. The molecule has 0 aliphatic heterocycles. The summed E-state index contributed by atoms with van der Waals surface area (Å²) in [4.78, 5) is 19.5. The van der Waals surface area contributed by atoms with E-state index in [1.165, 1.54) is 0 Å². The highest BCUT2D eigenvalue weighted by Gasteiger charge is 2.16. The van der Waals surface area contributed by atoms with E-state index in [0.717, 1.165) is 5.56 Å². The molecule has 0 spiro atoms. The standard InChI is InChI=1S/C13H21N3O3/c1-9(17)5-6-10-7-14-11(15-8-10)16-12(18)19-13(2,3)4/h7-9,17H,5-6H2,1-4H3,(H,14,15,16,18)/t9-/m0/s1. The maximum absolute atomic E-state index is 11.5. The summed E-state index contributed by atoms with van der Waals surface area (Å²) >= 11 is 0. The fourth-order valence-electron chi connectivity index (χ4n) is 1.32. The van der Waals surface area contributed by atoms with Crippen molar-refractivity contribution in [3.63, 3.8) is 0 Å². The molecule has 0 aliphatic rings. The summed E-state index contributed by atoms with van der Waals surface area (Å²) in [5.74, 6) is 0.204. The van der Waals surface area contributed by atoms with Gasteiger partial charge in [0.1, 0.15) is 5.60 Å². The first-order valence-electron chi connectivity index (χ1n) is 6.25. The highest BCUT2D eigenvalue weighted by atomic mass is 16.6. The molecule has 0 radical (unpaired) electrons. The summed E-state index contributed by atoms with van der Waals surface area (Å²) in [6.07, 6.45) is 3.68. The van der Waals surface area contributed by atoms with E-state index < -0.39 is 11.7 Å². The summed E-state index contributed by atoms with van der Waals surface area (Å²) in [5, 5.41) is 11.6. The van der Waals surface area contributed by atoms with Gasteiger partial charge in [-0.05, 0) is 46.1 Å². The molecule has 0 aliphatic carbocycles. The lowest BCUT2D eigenvalue weighted by Gasteiger charge is -2.19. The van der Waals surface area contributed by atoms with Gasteiger partial charge in [-0.1, -0.05) is 0 Å². The van der Waals surface area contributed by atoms with E-state index in [9.17, 15) is 9.90 Å². The van der Waals surface area contributed by atoms with E-state index >= 15 is 0 Å². The normalized spacial score (nSPS) is 12.9. The molecule has 19 heavy (non-hydrogen) atoms. The van der Waals surface area contributed by atoms with Gasteiger partial charge in [0.25, 0.3) is 0 Å². The van der Waals surface area contributed by atoms with Crippen LogP contribution in [0.1, 0.15) is 39.7 Å². The number of aryl methyl sites for hydroxylation is 1. The number of ether oxygens (including phenoxy) is 1. The Balaban J connectivity index is 2.50. The molecule has 0 saturated heterocycles. The first-order chi connectivity index (χ1) is 8.76. The van der Waals surface area contributed by atoms with E-state index in [1.807, 2.05) is 0 Å². The molecule has 1 heterocycles. The van der Waals surface area contributed by atoms with Crippen LogP contribution in [0.25, 0.3) is 0 Å². The third-order valence-electron chi connectivity index (χ3n) is 2.17. The van der Waals surface area contributed by atoms with Crippen LogP contribution < -0.4 is 5.32 Å². The summed E-state index contributed by atoms with van der Waals surface area (Å²) in [7, 11) is 0. The third-order valence-corrected chi connectivity index (χ3v) is 2.17. The van der Waals surface area contributed by atoms with Crippen LogP contribution in [0.5, 0.6) is 0 Å². The Morgan fingerprint density at radius 2 is 2.00 bits per heavy atom. The van der Waals surface area contributed by atoms with Crippen LogP contribution in [0, 0.1) is 0 Å². The summed E-state index contributed by atoms with van der Waals surface area (Å²) in [6, 6.07) is 0. The minimum Gasteiger partial charge on any atom is -0.444 e. The van der Waals surface area contributed by atoms with Gasteiger partial charge in [0, 0.05) is 12.4 Å². The van der Waals surface area contributed by atoms with Crippen molar-refractivity contribution < 1.29 is 14.6 Å². The Kier molecular flexibility index (Phi) is 5.23. The number of aromatic nitrogens is 2. The number of aliphatic hydroxyl groups excluding tert-OH is 1. The van der Waals surface area contributed by atoms with Crippen LogP contribution >= 0.6 is 0 Å². The van der Waals surface area contributed by atoms with Gasteiger partial charge in [0.15, 0.2) is 0 Å². The molecule has 0 bridgehead atoms. The maximum Gasteiger partial charge on any atom is 0.414 e. The highest BCUT2D eigenvalue weighted by molar-refractivity contribution is 5.82. The average Bonchev–Trinajstić information content (AvgIpc) is 2.25. The quantitative estimate of drug-likeness (QED) is 0.873. The number of nitrogens with zero attached hydrogens (tertiary/aromatic N) is 2. The molecular formula is C13H21N3O3. The second kappa shape index (κ2) is 6.47. The second-order valence-electron chi connectivity index (χ2n) is 5.43. The Hall–Kier alpha value is -1.69. The van der Waals surface area contributed by atoms with Crippen molar-refractivity contribution >= 4 is 12.0 Å². The number of amides is 1. The zero-order valence-corrected chi connectivity index (χ0v) is 11.8. The number of aliphatic hydroxyl groups is 1. The Morgan fingerprint density at radius 1 is 1.42 bits per heavy atom. The van der Waals surface area contributed by atoms with Crippen LogP contribution in [0.3, 0.4) is 0 Å². The highest BCUT2D eigenvalue weighted by Crippen LogP contribution is 2.09. The van der Waals surface area contributed by atoms with E-state index in [4.69, 9.17) is 4.74 Å². The largest absolute Gasteiger partial charge is 0.444 e. The smallest absolute Gasteiger partial charge is 0.414 e. The van der Waals surface area contributed by atoms with Crippen molar-refractivity contribution in [3.05, 3.63) is 18.0 Å². The Bertz CT molecular complexity index is 410. The van der Waals surface area contributed by atoms with Crippen molar-refractivity contribution in [1.82, 2.24) is 9.97 Å². The van der Waals surface area contributed by atoms with Crippen molar-refractivity contribution in [3.8, 4) is 0 Å². The fourth-order valence-corrected chi connectivity index (χ4v) is 1.32. The lowest BCUT2D eigenvalue weighted by molar-refractivity contribution is 0.0634. The van der Waals surface area contributed by atoms with Gasteiger partial charge >= 0.3 is 6.09 Å². The minimum absolute atomic E-state index is 0.204. The summed E-state index contributed by atoms with van der Waals surface area (Å²) in [5.41, 5.74) is 0.358. The van der Waals surface area contributed by atoms with Crippen molar-refractivity contribution in [2.45, 2.75) is 52.2 Å². The molecule has 6 nitrogen and oxygen atoms in total. The van der Waals surface area contributed by atoms with Gasteiger partial charge in [0.05, 0.1) is 6.10 Å². The zero-order valence-electron chi connectivity index (χ0n) is 11.8. The van der Waals surface area contributed by atoms with Gasteiger partial charge in [0.2, 0.25) is 5.95 Å². The number of rotatable bonds is 4. The average molecular weight is 267 g/mol. The molecule has 0 aromatic carbocycles. The van der Waals surface area contributed by atoms with Gasteiger partial charge in [-0.25, -0.2) is 14.8 Å².